The number of nitrogens with two attached hydrogens (primary N) is 1. The van der Waals surface area contributed by atoms with E-state index in [1.54, 1.807) is 0 Å². The molecular formula is C18H28N2O2. The number of benzene rings is 1. The van der Waals surface area contributed by atoms with Crippen molar-refractivity contribution in [2.45, 2.75) is 46.1 Å². The molecule has 1 aromatic rings. The SMILES string of the molecule is CCC(CC)(CN)C(=O)Nc1cccc(COCC2CC2)c1. The molecule has 1 aromatic carbocycles. The van der Waals surface area contributed by atoms with Crippen LogP contribution in [0.15, 0.2) is 24.3 Å². The quantitative estimate of drug-likeness (QED) is 0.735. The summed E-state index contributed by atoms with van der Waals surface area (Å²) in [6.07, 6.45) is 4.09. The molecule has 1 fully saturated rings. The van der Waals surface area contributed by atoms with Gasteiger partial charge in [-0.15, -0.1) is 0 Å². The highest BCUT2D eigenvalue weighted by molar-refractivity contribution is 5.95. The second kappa shape index (κ2) is 7.75. The van der Waals surface area contributed by atoms with Crippen molar-refractivity contribution in [2.24, 2.45) is 17.1 Å². The highest BCUT2D eigenvalue weighted by Gasteiger charge is 2.33. The van der Waals surface area contributed by atoms with Gasteiger partial charge in [0.15, 0.2) is 0 Å². The Kier molecular flexibility index (Phi) is 5.98. The molecule has 1 aliphatic carbocycles. The van der Waals surface area contributed by atoms with Gasteiger partial charge in [-0.25, -0.2) is 0 Å². The predicted octanol–water partition coefficient (Wildman–Crippen LogP) is 3.32. The lowest BCUT2D eigenvalue weighted by atomic mass is 9.81. The van der Waals surface area contributed by atoms with Crippen LogP contribution >= 0.6 is 0 Å². The summed E-state index contributed by atoms with van der Waals surface area (Å²) in [7, 11) is 0. The number of carbonyl (C=O) groups excluding carboxylic acids is 1. The van der Waals surface area contributed by atoms with E-state index in [1.807, 2.05) is 38.1 Å². The fourth-order valence-corrected chi connectivity index (χ4v) is 2.58. The van der Waals surface area contributed by atoms with Crippen molar-refractivity contribution in [3.8, 4) is 0 Å². The Morgan fingerprint density at radius 3 is 2.68 bits per heavy atom. The minimum atomic E-state index is -0.474. The maximum absolute atomic E-state index is 12.5. The van der Waals surface area contributed by atoms with E-state index < -0.39 is 5.41 Å². The molecule has 3 N–H and O–H groups in total. The van der Waals surface area contributed by atoms with Crippen molar-refractivity contribution < 1.29 is 9.53 Å². The molecule has 0 radical (unpaired) electrons. The summed E-state index contributed by atoms with van der Waals surface area (Å²) in [6.45, 7) is 5.84. The molecule has 0 aromatic heterocycles. The monoisotopic (exact) mass is 304 g/mol. The van der Waals surface area contributed by atoms with Gasteiger partial charge in [0.1, 0.15) is 0 Å². The molecule has 22 heavy (non-hydrogen) atoms. The maximum Gasteiger partial charge on any atom is 0.231 e. The Hall–Kier alpha value is -1.39. The average Bonchev–Trinajstić information content (AvgIpc) is 3.34. The molecule has 2 rings (SSSR count). The van der Waals surface area contributed by atoms with Crippen molar-refractivity contribution in [1.29, 1.82) is 0 Å². The summed E-state index contributed by atoms with van der Waals surface area (Å²) in [5.74, 6) is 0.776. The smallest absolute Gasteiger partial charge is 0.231 e. The number of anilines is 1. The van der Waals surface area contributed by atoms with Gasteiger partial charge in [-0.1, -0.05) is 26.0 Å². The third-order valence-corrected chi connectivity index (χ3v) is 4.73. The molecule has 0 aliphatic heterocycles. The van der Waals surface area contributed by atoms with Crippen LogP contribution < -0.4 is 11.1 Å². The molecule has 4 heteroatoms. The van der Waals surface area contributed by atoms with E-state index in [1.165, 1.54) is 12.8 Å². The first-order valence-corrected chi connectivity index (χ1v) is 8.31. The molecule has 0 spiro atoms. The molecule has 0 heterocycles. The van der Waals surface area contributed by atoms with E-state index in [9.17, 15) is 4.79 Å². The molecule has 0 unspecified atom stereocenters. The van der Waals surface area contributed by atoms with Crippen molar-refractivity contribution in [2.75, 3.05) is 18.5 Å². The Labute approximate surface area is 133 Å². The van der Waals surface area contributed by atoms with E-state index in [2.05, 4.69) is 5.32 Å². The van der Waals surface area contributed by atoms with Gasteiger partial charge in [0.25, 0.3) is 0 Å². The van der Waals surface area contributed by atoms with Crippen LogP contribution in [0.1, 0.15) is 45.1 Å². The van der Waals surface area contributed by atoms with E-state index in [-0.39, 0.29) is 5.91 Å². The van der Waals surface area contributed by atoms with E-state index >= 15 is 0 Å². The van der Waals surface area contributed by atoms with Gasteiger partial charge in [-0.2, -0.15) is 0 Å². The third-order valence-electron chi connectivity index (χ3n) is 4.73. The molecule has 1 saturated carbocycles. The fraction of sp³-hybridized carbons (Fsp3) is 0.611. The predicted molar refractivity (Wildman–Crippen MR) is 89.5 cm³/mol. The average molecular weight is 304 g/mol. The van der Waals surface area contributed by atoms with Crippen LogP contribution in [0.4, 0.5) is 5.69 Å². The Morgan fingerprint density at radius 1 is 1.36 bits per heavy atom. The molecule has 1 aliphatic rings. The van der Waals surface area contributed by atoms with Crippen LogP contribution in [0.3, 0.4) is 0 Å². The molecule has 0 atom stereocenters. The van der Waals surface area contributed by atoms with Crippen molar-refractivity contribution in [1.82, 2.24) is 0 Å². The summed E-state index contributed by atoms with van der Waals surface area (Å²) in [4.78, 5) is 12.5. The number of rotatable bonds is 9. The van der Waals surface area contributed by atoms with Crippen molar-refractivity contribution in [3.63, 3.8) is 0 Å². The van der Waals surface area contributed by atoms with Crippen LogP contribution in [0, 0.1) is 11.3 Å². The van der Waals surface area contributed by atoms with Gasteiger partial charge >= 0.3 is 0 Å². The van der Waals surface area contributed by atoms with Crippen LogP contribution in [-0.4, -0.2) is 19.1 Å². The Morgan fingerprint density at radius 2 is 2.09 bits per heavy atom. The first-order valence-electron chi connectivity index (χ1n) is 8.31. The molecule has 1 amide bonds. The first kappa shape index (κ1) is 17.0. The number of carbonyl (C=O) groups is 1. The topological polar surface area (TPSA) is 64.4 Å². The van der Waals surface area contributed by atoms with E-state index in [0.717, 1.165) is 36.6 Å². The van der Waals surface area contributed by atoms with Gasteiger partial charge in [-0.3, -0.25) is 4.79 Å². The number of ether oxygens (including phenoxy) is 1. The van der Waals surface area contributed by atoms with E-state index in [4.69, 9.17) is 10.5 Å². The normalized spacial score (nSPS) is 14.9. The number of hydrogen-bond acceptors (Lipinski definition) is 3. The van der Waals surface area contributed by atoms with Crippen LogP contribution in [-0.2, 0) is 16.1 Å². The number of amides is 1. The Bertz CT molecular complexity index is 485. The maximum atomic E-state index is 12.5. The lowest BCUT2D eigenvalue weighted by molar-refractivity contribution is -0.125. The molecule has 4 nitrogen and oxygen atoms in total. The highest BCUT2D eigenvalue weighted by Crippen LogP contribution is 2.29. The second-order valence-corrected chi connectivity index (χ2v) is 6.30. The third kappa shape index (κ3) is 4.31. The Balaban J connectivity index is 1.94. The van der Waals surface area contributed by atoms with Gasteiger partial charge in [-0.05, 0) is 49.3 Å². The zero-order valence-electron chi connectivity index (χ0n) is 13.7. The lowest BCUT2D eigenvalue weighted by Crippen LogP contribution is -2.41. The lowest BCUT2D eigenvalue weighted by Gasteiger charge is -2.28. The molecule has 0 saturated heterocycles. The minimum Gasteiger partial charge on any atom is -0.376 e. The van der Waals surface area contributed by atoms with Gasteiger partial charge in [0.05, 0.1) is 12.0 Å². The largest absolute Gasteiger partial charge is 0.376 e. The zero-order chi connectivity index (χ0) is 16.0. The van der Waals surface area contributed by atoms with Crippen molar-refractivity contribution >= 4 is 11.6 Å². The van der Waals surface area contributed by atoms with E-state index in [0.29, 0.717) is 13.2 Å². The molecule has 122 valence electrons. The summed E-state index contributed by atoms with van der Waals surface area (Å²) < 4.78 is 5.70. The number of nitrogens with one attached hydrogen (secondary N) is 1. The summed E-state index contributed by atoms with van der Waals surface area (Å²) >= 11 is 0. The van der Waals surface area contributed by atoms with Crippen LogP contribution in [0.2, 0.25) is 0 Å². The van der Waals surface area contributed by atoms with Gasteiger partial charge in [0, 0.05) is 18.8 Å². The molecular weight excluding hydrogens is 276 g/mol. The summed E-state index contributed by atoms with van der Waals surface area (Å²) in [5.41, 5.74) is 7.26. The number of hydrogen-bond donors (Lipinski definition) is 2. The summed E-state index contributed by atoms with van der Waals surface area (Å²) in [5, 5.41) is 3.01. The van der Waals surface area contributed by atoms with Gasteiger partial charge in [0.2, 0.25) is 5.91 Å². The minimum absolute atomic E-state index is 0.0102. The zero-order valence-corrected chi connectivity index (χ0v) is 13.7. The first-order chi connectivity index (χ1) is 10.6. The van der Waals surface area contributed by atoms with Crippen LogP contribution in [0.25, 0.3) is 0 Å². The summed E-state index contributed by atoms with van der Waals surface area (Å²) in [6, 6.07) is 7.87. The standard InChI is InChI=1S/C18H28N2O2/c1-3-18(4-2,13-19)17(21)20-16-7-5-6-15(10-16)12-22-11-14-8-9-14/h5-7,10,14H,3-4,8-9,11-13,19H2,1-2H3,(H,20,21). The van der Waals surface area contributed by atoms with Crippen LogP contribution in [0.5, 0.6) is 0 Å². The second-order valence-electron chi connectivity index (χ2n) is 6.30. The molecule has 0 bridgehead atoms. The van der Waals surface area contributed by atoms with Crippen molar-refractivity contribution in [3.05, 3.63) is 29.8 Å². The fourth-order valence-electron chi connectivity index (χ4n) is 2.58. The highest BCUT2D eigenvalue weighted by atomic mass is 16.5. The van der Waals surface area contributed by atoms with Gasteiger partial charge < -0.3 is 15.8 Å².